The van der Waals surface area contributed by atoms with Gasteiger partial charge in [-0.3, -0.25) is 14.4 Å². The van der Waals surface area contributed by atoms with Crippen LogP contribution >= 0.6 is 0 Å². The van der Waals surface area contributed by atoms with Crippen molar-refractivity contribution in [3.05, 3.63) is 0 Å². The third-order valence-electron chi connectivity index (χ3n) is 4.82. The molecule has 0 radical (unpaired) electrons. The van der Waals surface area contributed by atoms with Crippen LogP contribution in [0.3, 0.4) is 0 Å². The summed E-state index contributed by atoms with van der Waals surface area (Å²) in [5.74, 6) is -5.24. The number of nitrogens with one attached hydrogen (secondary N) is 3. The second-order valence-electron chi connectivity index (χ2n) is 8.26. The lowest BCUT2D eigenvalue weighted by Gasteiger charge is -2.35. The van der Waals surface area contributed by atoms with Gasteiger partial charge in [0, 0.05) is 34.0 Å². The zero-order valence-corrected chi connectivity index (χ0v) is 18.9. The summed E-state index contributed by atoms with van der Waals surface area (Å²) in [7, 11) is -1.39. The van der Waals surface area contributed by atoms with Crippen LogP contribution in [0.4, 0.5) is 8.78 Å². The summed E-state index contributed by atoms with van der Waals surface area (Å²) in [6, 6.07) is -0.857. The number of halogens is 2. The summed E-state index contributed by atoms with van der Waals surface area (Å²) in [4.78, 5) is 37.2. The van der Waals surface area contributed by atoms with E-state index in [-0.39, 0.29) is 12.5 Å². The molecule has 1 fully saturated rings. The molecule has 0 saturated carbocycles. The average Bonchev–Trinajstić information content (AvgIpc) is 2.84. The number of amides is 3. The van der Waals surface area contributed by atoms with Gasteiger partial charge in [-0.1, -0.05) is 13.8 Å². The summed E-state index contributed by atoms with van der Waals surface area (Å²) < 4.78 is 54.7. The minimum absolute atomic E-state index is 0.245. The van der Waals surface area contributed by atoms with Gasteiger partial charge in [-0.25, -0.2) is 8.78 Å². The van der Waals surface area contributed by atoms with Crippen LogP contribution in [0, 0.1) is 5.92 Å². The molecule has 1 rings (SSSR count). The minimum atomic E-state index is -3.91. The van der Waals surface area contributed by atoms with Crippen LogP contribution in [-0.4, -0.2) is 86.6 Å². The van der Waals surface area contributed by atoms with Gasteiger partial charge < -0.3 is 15.5 Å². The van der Waals surface area contributed by atoms with Crippen molar-refractivity contribution in [3.63, 3.8) is 0 Å². The van der Waals surface area contributed by atoms with E-state index in [9.17, 15) is 31.6 Å². The third-order valence-corrected chi connectivity index (χ3v) is 6.29. The predicted octanol–water partition coefficient (Wildman–Crippen LogP) is -0.714. The van der Waals surface area contributed by atoms with Gasteiger partial charge in [0.05, 0.1) is 18.6 Å². The van der Waals surface area contributed by atoms with Gasteiger partial charge >= 0.3 is 0 Å². The van der Waals surface area contributed by atoms with Crippen molar-refractivity contribution in [2.75, 3.05) is 33.7 Å². The van der Waals surface area contributed by atoms with Crippen molar-refractivity contribution in [2.24, 2.45) is 5.92 Å². The van der Waals surface area contributed by atoms with E-state index in [1.165, 1.54) is 27.9 Å². The first-order chi connectivity index (χ1) is 13.5. The van der Waals surface area contributed by atoms with E-state index < -0.39 is 64.9 Å². The van der Waals surface area contributed by atoms with Crippen LogP contribution < -0.4 is 15.4 Å². The summed E-state index contributed by atoms with van der Waals surface area (Å²) in [5.41, 5.74) is -1.43. The summed E-state index contributed by atoms with van der Waals surface area (Å²) in [5, 5.41) is 5.04. The van der Waals surface area contributed by atoms with Crippen LogP contribution in [0.1, 0.15) is 34.1 Å². The van der Waals surface area contributed by atoms with E-state index in [4.69, 9.17) is 0 Å². The van der Waals surface area contributed by atoms with E-state index in [1.807, 2.05) is 4.72 Å². The molecule has 3 amide bonds. The van der Waals surface area contributed by atoms with Gasteiger partial charge in [0.15, 0.2) is 0 Å². The van der Waals surface area contributed by atoms with Crippen molar-refractivity contribution in [1.29, 1.82) is 0 Å². The number of hydrogen-bond donors (Lipinski definition) is 3. The van der Waals surface area contributed by atoms with Gasteiger partial charge in [0.2, 0.25) is 17.7 Å². The average molecular weight is 456 g/mol. The van der Waals surface area contributed by atoms with Gasteiger partial charge in [-0.15, -0.1) is 0 Å². The maximum atomic E-state index is 14.1. The fraction of sp³-hybridized carbons (Fsp3) is 0.824. The zero-order chi connectivity index (χ0) is 23.5. The maximum absolute atomic E-state index is 14.1. The van der Waals surface area contributed by atoms with Crippen LogP contribution in [0.25, 0.3) is 0 Å². The molecular formula is C17H31F2N5O5S. The molecular weight excluding hydrogens is 424 g/mol. The first-order valence-electron chi connectivity index (χ1n) is 9.41. The Labute approximate surface area is 175 Å². The highest BCUT2D eigenvalue weighted by Gasteiger charge is 2.54. The molecule has 174 valence electrons. The Bertz CT molecular complexity index is 775. The summed E-state index contributed by atoms with van der Waals surface area (Å²) in [6.45, 7) is 4.24. The van der Waals surface area contributed by atoms with E-state index in [0.29, 0.717) is 0 Å². The topological polar surface area (TPSA) is 128 Å². The monoisotopic (exact) mass is 455 g/mol. The van der Waals surface area contributed by atoms with Gasteiger partial charge in [-0.05, 0) is 12.8 Å². The second-order valence-corrected chi connectivity index (χ2v) is 10.2. The van der Waals surface area contributed by atoms with Crippen LogP contribution in [-0.2, 0) is 24.6 Å². The normalized spacial score (nSPS) is 22.3. The lowest BCUT2D eigenvalue weighted by atomic mass is 9.96. The van der Waals surface area contributed by atoms with Gasteiger partial charge in [0.1, 0.15) is 6.04 Å². The molecule has 1 aliphatic rings. The largest absolute Gasteiger partial charge is 0.352 e. The Kier molecular flexibility index (Phi) is 8.30. The first-order valence-corrected chi connectivity index (χ1v) is 10.8. The molecule has 2 unspecified atom stereocenters. The molecule has 1 heterocycles. The number of carbonyl (C=O) groups is 3. The minimum Gasteiger partial charge on any atom is -0.352 e. The molecule has 0 aromatic carbocycles. The van der Waals surface area contributed by atoms with E-state index in [1.54, 1.807) is 13.8 Å². The Morgan fingerprint density at radius 3 is 2.23 bits per heavy atom. The number of likely N-dealkylation sites (tertiary alicyclic amines) is 1. The Balaban J connectivity index is 2.92. The molecule has 13 heteroatoms. The Morgan fingerprint density at radius 2 is 1.77 bits per heavy atom. The SMILES string of the molecule is CC(=O)NC(C(=O)NCC1(C)CC(F)(F)CN1C(=O)CNS(=O)(=O)N(C)C)C(C)C. The van der Waals surface area contributed by atoms with Gasteiger partial charge in [-0.2, -0.15) is 17.4 Å². The standard InChI is InChI=1S/C17H31F2N5O5S/c1-11(2)14(22-12(3)25)15(27)20-9-16(4)8-17(18,19)10-24(16)13(26)7-21-30(28,29)23(5)6/h11,14,21H,7-10H2,1-6H3,(H,20,27)(H,22,25). The van der Waals surface area contributed by atoms with Crippen LogP contribution in [0.15, 0.2) is 0 Å². The van der Waals surface area contributed by atoms with Crippen LogP contribution in [0.2, 0.25) is 0 Å². The van der Waals surface area contributed by atoms with Crippen LogP contribution in [0.5, 0.6) is 0 Å². The van der Waals surface area contributed by atoms with Crippen molar-refractivity contribution >= 4 is 27.9 Å². The number of rotatable bonds is 9. The number of hydrogen-bond acceptors (Lipinski definition) is 5. The number of alkyl halides is 2. The van der Waals surface area contributed by atoms with Crippen molar-refractivity contribution in [1.82, 2.24) is 24.6 Å². The Morgan fingerprint density at radius 1 is 1.20 bits per heavy atom. The zero-order valence-electron chi connectivity index (χ0n) is 18.1. The Hall–Kier alpha value is -1.86. The fourth-order valence-corrected chi connectivity index (χ4v) is 3.76. The quantitative estimate of drug-likeness (QED) is 0.423. The second kappa shape index (κ2) is 9.52. The molecule has 1 saturated heterocycles. The lowest BCUT2D eigenvalue weighted by molar-refractivity contribution is -0.135. The molecule has 0 aromatic heterocycles. The molecule has 1 aliphatic heterocycles. The summed E-state index contributed by atoms with van der Waals surface area (Å²) in [6.07, 6.45) is -0.696. The summed E-state index contributed by atoms with van der Waals surface area (Å²) >= 11 is 0. The molecule has 0 aliphatic carbocycles. The van der Waals surface area contributed by atoms with E-state index in [0.717, 1.165) is 9.21 Å². The molecule has 0 bridgehead atoms. The maximum Gasteiger partial charge on any atom is 0.279 e. The molecule has 10 nitrogen and oxygen atoms in total. The molecule has 0 spiro atoms. The molecule has 2 atom stereocenters. The molecule has 30 heavy (non-hydrogen) atoms. The predicted molar refractivity (Wildman–Crippen MR) is 106 cm³/mol. The van der Waals surface area contributed by atoms with Crippen molar-refractivity contribution in [2.45, 2.75) is 51.6 Å². The fourth-order valence-electron chi connectivity index (χ4n) is 3.20. The smallest absolute Gasteiger partial charge is 0.279 e. The first kappa shape index (κ1) is 26.2. The van der Waals surface area contributed by atoms with Crippen molar-refractivity contribution < 1.29 is 31.6 Å². The molecule has 3 N–H and O–H groups in total. The van der Waals surface area contributed by atoms with Gasteiger partial charge in [0.25, 0.3) is 16.1 Å². The number of nitrogens with zero attached hydrogens (tertiary/aromatic N) is 2. The van der Waals surface area contributed by atoms with E-state index >= 15 is 0 Å². The highest BCUT2D eigenvalue weighted by molar-refractivity contribution is 7.87. The third kappa shape index (κ3) is 6.84. The lowest BCUT2D eigenvalue weighted by Crippen LogP contribution is -2.57. The molecule has 0 aromatic rings. The highest BCUT2D eigenvalue weighted by atomic mass is 32.2. The number of carbonyl (C=O) groups excluding carboxylic acids is 3. The highest BCUT2D eigenvalue weighted by Crippen LogP contribution is 2.39. The van der Waals surface area contributed by atoms with Crippen molar-refractivity contribution in [3.8, 4) is 0 Å². The van der Waals surface area contributed by atoms with E-state index in [2.05, 4.69) is 10.6 Å².